The lowest BCUT2D eigenvalue weighted by Gasteiger charge is -2.19. The lowest BCUT2D eigenvalue weighted by Crippen LogP contribution is -2.28. The van der Waals surface area contributed by atoms with Gasteiger partial charge in [0.05, 0.1) is 5.39 Å². The molecule has 0 unspecified atom stereocenters. The molecule has 0 atom stereocenters. The van der Waals surface area contributed by atoms with Crippen molar-refractivity contribution in [3.8, 4) is 11.5 Å². The Bertz CT molecular complexity index is 1010. The molecule has 4 rings (SSSR count). The second kappa shape index (κ2) is 6.23. The van der Waals surface area contributed by atoms with Gasteiger partial charge in [-0.25, -0.2) is 9.97 Å². The predicted octanol–water partition coefficient (Wildman–Crippen LogP) is 1.20. The van der Waals surface area contributed by atoms with Crippen LogP contribution in [0.1, 0.15) is 0 Å². The molecule has 0 fully saturated rings. The van der Waals surface area contributed by atoms with Gasteiger partial charge in [-0.3, -0.25) is 14.2 Å². The van der Waals surface area contributed by atoms with E-state index in [0.717, 1.165) is 0 Å². The van der Waals surface area contributed by atoms with E-state index in [1.54, 1.807) is 36.5 Å². The Labute approximate surface area is 142 Å². The van der Waals surface area contributed by atoms with Crippen molar-refractivity contribution in [1.29, 1.82) is 0 Å². The first kappa shape index (κ1) is 15.1. The van der Waals surface area contributed by atoms with Gasteiger partial charge in [0.15, 0.2) is 17.1 Å². The number of amides is 1. The summed E-state index contributed by atoms with van der Waals surface area (Å²) in [6, 6.07) is 8.44. The summed E-state index contributed by atoms with van der Waals surface area (Å²) >= 11 is 0. The Balaban J connectivity index is 1.53. The lowest BCUT2D eigenvalue weighted by molar-refractivity contribution is -0.116. The fraction of sp³-hybridized carbons (Fsp3) is 0.176. The van der Waals surface area contributed by atoms with Crippen molar-refractivity contribution in [2.24, 2.45) is 0 Å². The van der Waals surface area contributed by atoms with Crippen molar-refractivity contribution < 1.29 is 14.3 Å². The SMILES string of the molecule is O=C(Cn1cnc2ncccc2c1=O)Nc1ccc2c(c1)OCCO2. The third-order valence-corrected chi connectivity index (χ3v) is 3.74. The quantitative estimate of drug-likeness (QED) is 0.771. The van der Waals surface area contributed by atoms with Crippen LogP contribution in [-0.4, -0.2) is 33.7 Å². The summed E-state index contributed by atoms with van der Waals surface area (Å²) in [5, 5.41) is 3.11. The van der Waals surface area contributed by atoms with E-state index in [2.05, 4.69) is 15.3 Å². The molecule has 3 aromatic rings. The van der Waals surface area contributed by atoms with Crippen LogP contribution in [0.3, 0.4) is 0 Å². The van der Waals surface area contributed by atoms with Crippen molar-refractivity contribution in [2.75, 3.05) is 18.5 Å². The zero-order valence-electron chi connectivity index (χ0n) is 13.1. The molecule has 1 aliphatic heterocycles. The molecule has 126 valence electrons. The molecular formula is C17H14N4O4. The topological polar surface area (TPSA) is 95.3 Å². The maximum absolute atomic E-state index is 12.4. The number of nitrogens with one attached hydrogen (secondary N) is 1. The van der Waals surface area contributed by atoms with Crippen LogP contribution in [0.5, 0.6) is 11.5 Å². The van der Waals surface area contributed by atoms with E-state index in [0.29, 0.717) is 41.4 Å². The largest absolute Gasteiger partial charge is 0.486 e. The minimum absolute atomic E-state index is 0.148. The molecule has 8 nitrogen and oxygen atoms in total. The Morgan fingerprint density at radius 1 is 1.16 bits per heavy atom. The van der Waals surface area contributed by atoms with Gasteiger partial charge in [0.2, 0.25) is 5.91 Å². The molecular weight excluding hydrogens is 324 g/mol. The Morgan fingerprint density at radius 2 is 2.00 bits per heavy atom. The first-order valence-corrected chi connectivity index (χ1v) is 7.70. The van der Waals surface area contributed by atoms with Gasteiger partial charge in [-0.15, -0.1) is 0 Å². The number of carbonyl (C=O) groups is 1. The van der Waals surface area contributed by atoms with Crippen molar-refractivity contribution >= 4 is 22.6 Å². The van der Waals surface area contributed by atoms with E-state index in [1.165, 1.54) is 10.9 Å². The number of fused-ring (bicyclic) bond motifs is 2. The highest BCUT2D eigenvalue weighted by atomic mass is 16.6. The molecule has 0 saturated carbocycles. The van der Waals surface area contributed by atoms with Gasteiger partial charge in [0.25, 0.3) is 5.56 Å². The first-order valence-electron chi connectivity index (χ1n) is 7.70. The Hall–Kier alpha value is -3.42. The number of pyridine rings is 1. The van der Waals surface area contributed by atoms with Gasteiger partial charge in [0.1, 0.15) is 26.1 Å². The number of benzene rings is 1. The van der Waals surface area contributed by atoms with E-state index < -0.39 is 0 Å². The van der Waals surface area contributed by atoms with Crippen molar-refractivity contribution in [3.63, 3.8) is 0 Å². The maximum atomic E-state index is 12.4. The molecule has 0 aliphatic carbocycles. The zero-order chi connectivity index (χ0) is 17.2. The van der Waals surface area contributed by atoms with Crippen LogP contribution in [0.2, 0.25) is 0 Å². The molecule has 1 amide bonds. The first-order chi connectivity index (χ1) is 12.2. The van der Waals surface area contributed by atoms with Gasteiger partial charge in [-0.05, 0) is 24.3 Å². The second-order valence-electron chi connectivity index (χ2n) is 5.46. The smallest absolute Gasteiger partial charge is 0.263 e. The fourth-order valence-electron chi connectivity index (χ4n) is 2.59. The average molecular weight is 338 g/mol. The average Bonchev–Trinajstić information content (AvgIpc) is 2.64. The molecule has 25 heavy (non-hydrogen) atoms. The highest BCUT2D eigenvalue weighted by Gasteiger charge is 2.13. The molecule has 1 aliphatic rings. The number of aromatic nitrogens is 3. The molecule has 0 spiro atoms. The van der Waals surface area contributed by atoms with E-state index in [-0.39, 0.29) is 18.0 Å². The lowest BCUT2D eigenvalue weighted by atomic mass is 10.2. The van der Waals surface area contributed by atoms with Gasteiger partial charge in [-0.2, -0.15) is 0 Å². The number of anilines is 1. The number of nitrogens with zero attached hydrogens (tertiary/aromatic N) is 3. The molecule has 2 aromatic heterocycles. The molecule has 8 heteroatoms. The number of ether oxygens (including phenoxy) is 2. The second-order valence-corrected chi connectivity index (χ2v) is 5.46. The van der Waals surface area contributed by atoms with Crippen LogP contribution in [0.15, 0.2) is 47.7 Å². The fourth-order valence-corrected chi connectivity index (χ4v) is 2.59. The predicted molar refractivity (Wildman–Crippen MR) is 89.9 cm³/mol. The van der Waals surface area contributed by atoms with Gasteiger partial charge in [-0.1, -0.05) is 0 Å². The van der Waals surface area contributed by atoms with Crippen LogP contribution >= 0.6 is 0 Å². The number of rotatable bonds is 3. The summed E-state index contributed by atoms with van der Waals surface area (Å²) in [6.07, 6.45) is 2.88. The monoisotopic (exact) mass is 338 g/mol. The van der Waals surface area contributed by atoms with Crippen LogP contribution in [0.25, 0.3) is 11.0 Å². The van der Waals surface area contributed by atoms with Crippen molar-refractivity contribution in [1.82, 2.24) is 14.5 Å². The number of carbonyl (C=O) groups excluding carboxylic acids is 1. The van der Waals surface area contributed by atoms with Crippen LogP contribution < -0.4 is 20.3 Å². The molecule has 1 N–H and O–H groups in total. The number of hydrogen-bond acceptors (Lipinski definition) is 6. The van der Waals surface area contributed by atoms with Gasteiger partial charge >= 0.3 is 0 Å². The highest BCUT2D eigenvalue weighted by Crippen LogP contribution is 2.32. The normalized spacial score (nSPS) is 12.8. The van der Waals surface area contributed by atoms with Gasteiger partial charge < -0.3 is 14.8 Å². The molecule has 0 radical (unpaired) electrons. The Morgan fingerprint density at radius 3 is 2.88 bits per heavy atom. The summed E-state index contributed by atoms with van der Waals surface area (Å²) in [5.41, 5.74) is 0.615. The zero-order valence-corrected chi connectivity index (χ0v) is 13.1. The summed E-state index contributed by atoms with van der Waals surface area (Å²) < 4.78 is 12.2. The highest BCUT2D eigenvalue weighted by molar-refractivity contribution is 5.91. The minimum atomic E-state index is -0.344. The molecule has 3 heterocycles. The minimum Gasteiger partial charge on any atom is -0.486 e. The third-order valence-electron chi connectivity index (χ3n) is 3.74. The Kier molecular flexibility index (Phi) is 3.77. The van der Waals surface area contributed by atoms with Crippen LogP contribution in [0.4, 0.5) is 5.69 Å². The van der Waals surface area contributed by atoms with E-state index in [1.807, 2.05) is 0 Å². The summed E-state index contributed by atoms with van der Waals surface area (Å²) in [5.74, 6) is 0.884. The van der Waals surface area contributed by atoms with E-state index >= 15 is 0 Å². The standard InChI is InChI=1S/C17H14N4O4/c22-15(20-11-3-4-13-14(8-11)25-7-6-24-13)9-21-10-19-16-12(17(21)23)2-1-5-18-16/h1-5,8,10H,6-7,9H2,(H,20,22). The third kappa shape index (κ3) is 3.01. The summed E-state index contributed by atoms with van der Waals surface area (Å²) in [6.45, 7) is 0.827. The van der Waals surface area contributed by atoms with Gasteiger partial charge in [0, 0.05) is 18.0 Å². The summed E-state index contributed by atoms with van der Waals surface area (Å²) in [7, 11) is 0. The van der Waals surface area contributed by atoms with E-state index in [4.69, 9.17) is 9.47 Å². The van der Waals surface area contributed by atoms with Crippen LogP contribution in [-0.2, 0) is 11.3 Å². The summed E-state index contributed by atoms with van der Waals surface area (Å²) in [4.78, 5) is 32.7. The van der Waals surface area contributed by atoms with Crippen molar-refractivity contribution in [3.05, 3.63) is 53.2 Å². The molecule has 0 saturated heterocycles. The molecule has 1 aromatic carbocycles. The number of hydrogen-bond donors (Lipinski definition) is 1. The van der Waals surface area contributed by atoms with Crippen molar-refractivity contribution in [2.45, 2.75) is 6.54 Å². The van der Waals surface area contributed by atoms with Crippen LogP contribution in [0, 0.1) is 0 Å². The molecule has 0 bridgehead atoms. The van der Waals surface area contributed by atoms with E-state index in [9.17, 15) is 9.59 Å². The maximum Gasteiger partial charge on any atom is 0.263 e.